The number of alkyl halides is 1. The van der Waals surface area contributed by atoms with E-state index in [4.69, 9.17) is 0 Å². The van der Waals surface area contributed by atoms with Gasteiger partial charge in [0.05, 0.1) is 11.6 Å². The average molecular weight is 339 g/mol. The summed E-state index contributed by atoms with van der Waals surface area (Å²) in [7, 11) is 0. The van der Waals surface area contributed by atoms with E-state index in [1.54, 1.807) is 20.0 Å². The van der Waals surface area contributed by atoms with Gasteiger partial charge in [0.1, 0.15) is 0 Å². The Bertz CT molecular complexity index is 825. The van der Waals surface area contributed by atoms with Crippen molar-refractivity contribution in [2.24, 2.45) is 15.6 Å². The molecule has 5 heteroatoms. The maximum Gasteiger partial charge on any atom is 0.196 e. The smallest absolute Gasteiger partial charge is 0.196 e. The Morgan fingerprint density at radius 2 is 2.00 bits per heavy atom. The Hall–Kier alpha value is -2.30. The van der Waals surface area contributed by atoms with Crippen LogP contribution in [0.15, 0.2) is 63.6 Å². The van der Waals surface area contributed by atoms with Crippen LogP contribution in [0.25, 0.3) is 0 Å². The third kappa shape index (κ3) is 2.08. The predicted octanol–water partition coefficient (Wildman–Crippen LogP) is 4.20. The van der Waals surface area contributed by atoms with Crippen LogP contribution in [-0.2, 0) is 10.2 Å². The van der Waals surface area contributed by atoms with E-state index in [9.17, 15) is 9.18 Å². The second kappa shape index (κ2) is 5.35. The number of halogens is 1. The highest BCUT2D eigenvalue weighted by molar-refractivity contribution is 6.04. The molecule has 3 aliphatic rings. The van der Waals surface area contributed by atoms with Gasteiger partial charge >= 0.3 is 0 Å². The lowest BCUT2D eigenvalue weighted by molar-refractivity contribution is -0.126. The Labute approximate surface area is 146 Å². The summed E-state index contributed by atoms with van der Waals surface area (Å²) in [6, 6.07) is 9.88. The first kappa shape index (κ1) is 16.2. The fourth-order valence-corrected chi connectivity index (χ4v) is 4.53. The summed E-state index contributed by atoms with van der Waals surface area (Å²) in [6.45, 7) is 5.65. The topological polar surface area (TPSA) is 53.8 Å². The summed E-state index contributed by atoms with van der Waals surface area (Å²) in [4.78, 5) is 13.2. The van der Waals surface area contributed by atoms with Crippen molar-refractivity contribution in [3.05, 3.63) is 58.9 Å². The quantitative estimate of drug-likeness (QED) is 0.878. The molecule has 25 heavy (non-hydrogen) atoms. The number of carbonyl (C=O) groups excluding carboxylic acids is 1. The SMILES string of the molecule is CC[C@]1(c2ccccc2)C2=CN=NC2NC2=C1C(=O)[C@H](F)C(C)(C)C2. The number of rotatable bonds is 2. The van der Waals surface area contributed by atoms with E-state index in [0.717, 1.165) is 16.8 Å². The summed E-state index contributed by atoms with van der Waals surface area (Å²) >= 11 is 0. The Balaban J connectivity index is 2.01. The molecule has 1 N–H and O–H groups in total. The second-order valence-corrected chi connectivity index (χ2v) is 7.73. The van der Waals surface area contributed by atoms with Gasteiger partial charge in [-0.15, -0.1) is 0 Å². The third-order valence-electron chi connectivity index (χ3n) is 5.80. The van der Waals surface area contributed by atoms with Gasteiger partial charge in [-0.1, -0.05) is 51.1 Å². The maximum atomic E-state index is 15.0. The highest BCUT2D eigenvalue weighted by atomic mass is 19.1. The lowest BCUT2D eigenvalue weighted by Gasteiger charge is -2.48. The van der Waals surface area contributed by atoms with Crippen molar-refractivity contribution in [1.29, 1.82) is 0 Å². The molecule has 2 heterocycles. The zero-order chi connectivity index (χ0) is 17.8. The fraction of sp³-hybridized carbons (Fsp3) is 0.450. The molecule has 0 saturated carbocycles. The van der Waals surface area contributed by atoms with Gasteiger partial charge in [-0.2, -0.15) is 10.2 Å². The molecule has 0 amide bonds. The van der Waals surface area contributed by atoms with E-state index < -0.39 is 22.8 Å². The normalized spacial score (nSPS) is 32.8. The van der Waals surface area contributed by atoms with E-state index in [1.807, 2.05) is 37.3 Å². The number of carbonyl (C=O) groups is 1. The lowest BCUT2D eigenvalue weighted by Crippen LogP contribution is -2.54. The van der Waals surface area contributed by atoms with E-state index in [2.05, 4.69) is 15.5 Å². The minimum atomic E-state index is -1.50. The van der Waals surface area contributed by atoms with Gasteiger partial charge in [-0.05, 0) is 18.4 Å². The van der Waals surface area contributed by atoms with Gasteiger partial charge in [-0.3, -0.25) is 4.79 Å². The van der Waals surface area contributed by atoms with Crippen LogP contribution >= 0.6 is 0 Å². The standard InChI is InChI=1S/C20H22FN3O/c1-4-20(12-8-6-5-7-9-12)13-11-22-24-18(13)23-14-10-19(2,3)17(21)16(25)15(14)20/h5-9,11,17-18,23H,4,10H2,1-3H3/t17-,18?,20-/m0/s1. The van der Waals surface area contributed by atoms with Crippen LogP contribution in [0.2, 0.25) is 0 Å². The minimum absolute atomic E-state index is 0.279. The van der Waals surface area contributed by atoms with Crippen LogP contribution in [-0.4, -0.2) is 18.1 Å². The molecular weight excluding hydrogens is 317 g/mol. The van der Waals surface area contributed by atoms with Gasteiger partial charge in [0.25, 0.3) is 0 Å². The van der Waals surface area contributed by atoms with Crippen LogP contribution < -0.4 is 5.32 Å². The van der Waals surface area contributed by atoms with Crippen LogP contribution in [0.5, 0.6) is 0 Å². The molecule has 0 fully saturated rings. The largest absolute Gasteiger partial charge is 0.362 e. The van der Waals surface area contributed by atoms with E-state index in [-0.39, 0.29) is 6.17 Å². The van der Waals surface area contributed by atoms with Gasteiger partial charge in [0, 0.05) is 22.3 Å². The van der Waals surface area contributed by atoms with Crippen LogP contribution in [0, 0.1) is 5.41 Å². The van der Waals surface area contributed by atoms with Crippen molar-refractivity contribution < 1.29 is 9.18 Å². The minimum Gasteiger partial charge on any atom is -0.362 e. The number of fused-ring (bicyclic) bond motifs is 1. The molecule has 4 rings (SSSR count). The molecule has 2 aliphatic heterocycles. The third-order valence-corrected chi connectivity index (χ3v) is 5.80. The second-order valence-electron chi connectivity index (χ2n) is 7.73. The van der Waals surface area contributed by atoms with Gasteiger partial charge in [0.2, 0.25) is 0 Å². The van der Waals surface area contributed by atoms with Crippen molar-refractivity contribution in [2.45, 2.75) is 51.4 Å². The Kier molecular flexibility index (Phi) is 3.46. The Morgan fingerprint density at radius 1 is 1.28 bits per heavy atom. The van der Waals surface area contributed by atoms with Crippen LogP contribution in [0.3, 0.4) is 0 Å². The van der Waals surface area contributed by atoms with Crippen molar-refractivity contribution in [1.82, 2.24) is 5.32 Å². The number of nitrogens with zero attached hydrogens (tertiary/aromatic N) is 2. The number of hydrogen-bond acceptors (Lipinski definition) is 4. The molecule has 1 unspecified atom stereocenters. The number of nitrogens with one attached hydrogen (secondary N) is 1. The van der Waals surface area contributed by atoms with Gasteiger partial charge < -0.3 is 5.32 Å². The van der Waals surface area contributed by atoms with Crippen molar-refractivity contribution in [2.75, 3.05) is 0 Å². The number of azo groups is 1. The van der Waals surface area contributed by atoms with Crippen LogP contribution in [0.1, 0.15) is 39.2 Å². The van der Waals surface area contributed by atoms with Gasteiger partial charge in [0.15, 0.2) is 18.1 Å². The Morgan fingerprint density at radius 3 is 2.68 bits per heavy atom. The molecule has 0 radical (unpaired) electrons. The molecule has 1 aliphatic carbocycles. The predicted molar refractivity (Wildman–Crippen MR) is 93.6 cm³/mol. The molecule has 4 nitrogen and oxygen atoms in total. The van der Waals surface area contributed by atoms with Gasteiger partial charge in [-0.25, -0.2) is 4.39 Å². The van der Waals surface area contributed by atoms with Crippen molar-refractivity contribution in [3.8, 4) is 0 Å². The van der Waals surface area contributed by atoms with Crippen molar-refractivity contribution in [3.63, 3.8) is 0 Å². The van der Waals surface area contributed by atoms with E-state index in [0.29, 0.717) is 18.4 Å². The average Bonchev–Trinajstić information content (AvgIpc) is 3.07. The number of Topliss-reactive ketones (excluding diaryl/α,β-unsaturated/α-hetero) is 1. The molecule has 0 bridgehead atoms. The van der Waals surface area contributed by atoms with E-state index >= 15 is 0 Å². The summed E-state index contributed by atoms with van der Waals surface area (Å²) in [5, 5.41) is 11.7. The molecule has 130 valence electrons. The summed E-state index contributed by atoms with van der Waals surface area (Å²) in [5.41, 5.74) is 1.90. The van der Waals surface area contributed by atoms with Crippen LogP contribution in [0.4, 0.5) is 4.39 Å². The molecule has 0 spiro atoms. The summed E-state index contributed by atoms with van der Waals surface area (Å²) in [6.07, 6.45) is 1.10. The number of benzene rings is 1. The number of allylic oxidation sites excluding steroid dienone is 2. The van der Waals surface area contributed by atoms with E-state index in [1.165, 1.54) is 0 Å². The molecule has 0 saturated heterocycles. The summed E-state index contributed by atoms with van der Waals surface area (Å²) < 4.78 is 15.0. The fourth-order valence-electron chi connectivity index (χ4n) is 4.53. The highest BCUT2D eigenvalue weighted by Crippen LogP contribution is 2.54. The molecule has 0 aromatic heterocycles. The lowest BCUT2D eigenvalue weighted by atomic mass is 9.58. The zero-order valence-corrected chi connectivity index (χ0v) is 14.7. The summed E-state index contributed by atoms with van der Waals surface area (Å²) in [5.74, 6) is -0.407. The molecule has 1 aromatic carbocycles. The highest BCUT2D eigenvalue weighted by Gasteiger charge is 2.56. The first-order valence-electron chi connectivity index (χ1n) is 8.76. The maximum absolute atomic E-state index is 15.0. The monoisotopic (exact) mass is 339 g/mol. The number of ketones is 1. The molecular formula is C20H22FN3O. The first-order chi connectivity index (χ1) is 11.9. The molecule has 3 atom stereocenters. The molecule has 1 aromatic rings. The number of hydrogen-bond donors (Lipinski definition) is 1. The van der Waals surface area contributed by atoms with Crippen molar-refractivity contribution >= 4 is 5.78 Å². The first-order valence-corrected chi connectivity index (χ1v) is 8.76. The zero-order valence-electron chi connectivity index (χ0n) is 14.7.